The van der Waals surface area contributed by atoms with Crippen molar-refractivity contribution in [2.24, 2.45) is 16.7 Å². The second-order valence-electron chi connectivity index (χ2n) is 18.3. The van der Waals surface area contributed by atoms with Crippen LogP contribution in [0.4, 0.5) is 10.5 Å². The van der Waals surface area contributed by atoms with E-state index in [0.717, 1.165) is 17.5 Å². The molecule has 61 heavy (non-hydrogen) atoms. The average molecular weight is 851 g/mol. The van der Waals surface area contributed by atoms with E-state index in [1.54, 1.807) is 58.8 Å². The predicted octanol–water partition coefficient (Wildman–Crippen LogP) is 4.83. The van der Waals surface area contributed by atoms with Crippen LogP contribution in [0.25, 0.3) is 0 Å². The Morgan fingerprint density at radius 2 is 1.61 bits per heavy atom. The van der Waals surface area contributed by atoms with Crippen LogP contribution in [0.1, 0.15) is 98.1 Å². The molecule has 0 bridgehead atoms. The molecule has 15 nitrogen and oxygen atoms in total. The van der Waals surface area contributed by atoms with E-state index in [4.69, 9.17) is 18.9 Å². The van der Waals surface area contributed by atoms with Crippen molar-refractivity contribution in [2.75, 3.05) is 32.6 Å². The first kappa shape index (κ1) is 49.0. The summed E-state index contributed by atoms with van der Waals surface area (Å²) in [6.45, 7) is 19.2. The van der Waals surface area contributed by atoms with E-state index in [0.29, 0.717) is 17.7 Å². The number of aliphatic hydroxyl groups excluding tert-OH is 2. The number of nitrogens with one attached hydrogen (secondary N) is 3. The first-order valence-corrected chi connectivity index (χ1v) is 20.8. The minimum Gasteiger partial charge on any atom is -0.457 e. The highest BCUT2D eigenvalue weighted by molar-refractivity contribution is 5.98. The number of likely N-dealkylation sites (N-methyl/N-ethyl adjacent to an activating group) is 1. The van der Waals surface area contributed by atoms with Crippen LogP contribution < -0.4 is 16.0 Å². The van der Waals surface area contributed by atoms with Gasteiger partial charge >= 0.3 is 12.1 Å². The maximum Gasteiger partial charge on any atom is 0.408 e. The Morgan fingerprint density at radius 3 is 2.20 bits per heavy atom. The SMILES string of the molecule is C=C[C@@](C)(CC)[C@H](C)[C@@H](O)C[C@@]1(C)C(O)[C@H]2O[C@@H](c3ccc(Cc4cccc(NC(=O)[C@H](C)NC(=O)[C@H](C)NC(=O)OC(C)(C)C)c4)cc3)O[C@]21C(=O)COC(=O)CN(C)C. The maximum atomic E-state index is 14.2. The number of allylic oxidation sites excluding steroid dienone is 1. The van der Waals surface area contributed by atoms with Gasteiger partial charge in [-0.3, -0.25) is 24.1 Å². The van der Waals surface area contributed by atoms with E-state index < -0.39 is 95.0 Å². The summed E-state index contributed by atoms with van der Waals surface area (Å²) < 4.78 is 23.4. The van der Waals surface area contributed by atoms with Crippen molar-refractivity contribution >= 4 is 35.3 Å². The van der Waals surface area contributed by atoms with Crippen LogP contribution >= 0.6 is 0 Å². The molecule has 1 saturated carbocycles. The molecule has 1 aliphatic heterocycles. The Bertz CT molecular complexity index is 1910. The number of hydrogen-bond acceptors (Lipinski definition) is 12. The second-order valence-corrected chi connectivity index (χ2v) is 18.3. The van der Waals surface area contributed by atoms with Crippen LogP contribution in [-0.2, 0) is 44.5 Å². The Labute approximate surface area is 359 Å². The van der Waals surface area contributed by atoms with Crippen molar-refractivity contribution in [1.82, 2.24) is 15.5 Å². The molecule has 0 aromatic heterocycles. The first-order chi connectivity index (χ1) is 28.4. The number of alkyl carbamates (subject to hydrolysis) is 1. The van der Waals surface area contributed by atoms with Gasteiger partial charge in [-0.15, -0.1) is 6.58 Å². The van der Waals surface area contributed by atoms with E-state index in [-0.39, 0.29) is 18.9 Å². The molecule has 0 spiro atoms. The fourth-order valence-corrected chi connectivity index (χ4v) is 7.92. The molecule has 0 radical (unpaired) electrons. The van der Waals surface area contributed by atoms with Crippen LogP contribution in [-0.4, -0.2) is 114 Å². The summed E-state index contributed by atoms with van der Waals surface area (Å²) in [4.78, 5) is 66.0. The Kier molecular flexibility index (Phi) is 15.7. The third-order valence-corrected chi connectivity index (χ3v) is 12.2. The monoisotopic (exact) mass is 850 g/mol. The molecule has 2 aliphatic rings. The third-order valence-electron chi connectivity index (χ3n) is 12.2. The lowest BCUT2D eigenvalue weighted by atomic mass is 9.49. The van der Waals surface area contributed by atoms with Crippen LogP contribution in [0, 0.1) is 16.7 Å². The van der Waals surface area contributed by atoms with E-state index in [1.807, 2.05) is 63.2 Å². The molecule has 10 atom stereocenters. The highest BCUT2D eigenvalue weighted by Crippen LogP contribution is 2.63. The van der Waals surface area contributed by atoms with E-state index in [1.165, 1.54) is 13.8 Å². The van der Waals surface area contributed by atoms with Crippen molar-refractivity contribution in [3.63, 3.8) is 0 Å². The van der Waals surface area contributed by atoms with Gasteiger partial charge in [-0.05, 0) is 103 Å². The van der Waals surface area contributed by atoms with Crippen molar-refractivity contribution in [3.8, 4) is 0 Å². The average Bonchev–Trinajstić information content (AvgIpc) is 3.57. The standard InChI is InChI=1S/C46H66N4O11/c1-13-44(9,14-2)27(3)34(51)24-45(10)37(54)38-46(45,35(52)26-58-36(53)25-50(11)12)60-41(59-38)32-20-18-30(19-21-32)22-31-16-15-17-33(23-31)49-40(56)28(4)47-39(55)29(5)48-42(57)61-43(6,7)8/h13,15-21,23,27-29,34,37-38,41,51,54H,1,14,22,24-26H2,2-12H3,(H,47,55)(H,48,57)(H,49,56)/t27-,28+,29+,34+,37?,38-,41-,44+,45+,46-/m1/s1. The summed E-state index contributed by atoms with van der Waals surface area (Å²) in [5, 5.41) is 31.1. The largest absolute Gasteiger partial charge is 0.457 e. The molecule has 1 aliphatic carbocycles. The molecule has 2 aromatic carbocycles. The molecule has 15 heteroatoms. The number of Topliss-reactive ketones (excluding diaryl/α,β-unsaturated/α-hetero) is 1. The van der Waals surface area contributed by atoms with Crippen molar-refractivity contribution in [2.45, 2.75) is 129 Å². The molecule has 2 fully saturated rings. The zero-order chi connectivity index (χ0) is 45.7. The lowest BCUT2D eigenvalue weighted by molar-refractivity contribution is -0.259. The lowest BCUT2D eigenvalue weighted by Crippen LogP contribution is -2.79. The molecule has 1 unspecified atom stereocenters. The van der Waals surface area contributed by atoms with Gasteiger partial charge in [0.25, 0.3) is 0 Å². The number of ether oxygens (including phenoxy) is 4. The molecular weight excluding hydrogens is 785 g/mol. The molecule has 3 amide bonds. The number of esters is 1. The van der Waals surface area contributed by atoms with Crippen molar-refractivity contribution in [1.29, 1.82) is 0 Å². The molecule has 336 valence electrons. The van der Waals surface area contributed by atoms with Gasteiger partial charge in [0.15, 0.2) is 18.5 Å². The van der Waals surface area contributed by atoms with Gasteiger partial charge in [0.05, 0.1) is 18.8 Å². The number of anilines is 1. The lowest BCUT2D eigenvalue weighted by Gasteiger charge is -2.60. The summed E-state index contributed by atoms with van der Waals surface area (Å²) in [5.41, 5.74) is -1.22. The fourth-order valence-electron chi connectivity index (χ4n) is 7.92. The number of aliphatic hydroxyl groups is 2. The summed E-state index contributed by atoms with van der Waals surface area (Å²) in [7, 11) is 3.41. The molecule has 4 rings (SSSR count). The molecule has 1 saturated heterocycles. The minimum absolute atomic E-state index is 0.0151. The van der Waals surface area contributed by atoms with Gasteiger partial charge in [-0.1, -0.05) is 70.2 Å². The zero-order valence-corrected chi connectivity index (χ0v) is 37.5. The number of hydrogen-bond donors (Lipinski definition) is 5. The molecular formula is C46H66N4O11. The van der Waals surface area contributed by atoms with Gasteiger partial charge < -0.3 is 45.1 Å². The Hall–Kier alpha value is -4.67. The number of fused-ring (bicyclic) bond motifs is 1. The van der Waals surface area contributed by atoms with Gasteiger partial charge in [-0.25, -0.2) is 4.79 Å². The van der Waals surface area contributed by atoms with E-state index >= 15 is 0 Å². The van der Waals surface area contributed by atoms with E-state index in [9.17, 15) is 34.2 Å². The quantitative estimate of drug-likeness (QED) is 0.0954. The number of ketones is 1. The summed E-state index contributed by atoms with van der Waals surface area (Å²) in [5.74, 6) is -2.43. The van der Waals surface area contributed by atoms with Gasteiger partial charge in [0.1, 0.15) is 23.8 Å². The van der Waals surface area contributed by atoms with Crippen LogP contribution in [0.5, 0.6) is 0 Å². The molecule has 2 aromatic rings. The van der Waals surface area contributed by atoms with Gasteiger partial charge in [0.2, 0.25) is 17.6 Å². The molecule has 1 heterocycles. The highest BCUT2D eigenvalue weighted by Gasteiger charge is 2.79. The first-order valence-electron chi connectivity index (χ1n) is 20.8. The number of amides is 3. The number of carbonyl (C=O) groups is 5. The third kappa shape index (κ3) is 11.2. The smallest absolute Gasteiger partial charge is 0.408 e. The minimum atomic E-state index is -1.72. The molecule has 5 N–H and O–H groups in total. The summed E-state index contributed by atoms with van der Waals surface area (Å²) in [6, 6.07) is 12.8. The summed E-state index contributed by atoms with van der Waals surface area (Å²) >= 11 is 0. The van der Waals surface area contributed by atoms with Crippen molar-refractivity contribution < 1.29 is 53.1 Å². The Balaban J connectivity index is 1.45. The predicted molar refractivity (Wildman–Crippen MR) is 229 cm³/mol. The summed E-state index contributed by atoms with van der Waals surface area (Å²) in [6.07, 6.45) is -1.92. The van der Waals surface area contributed by atoms with Crippen LogP contribution in [0.2, 0.25) is 0 Å². The second kappa shape index (κ2) is 19.6. The van der Waals surface area contributed by atoms with Crippen LogP contribution in [0.3, 0.4) is 0 Å². The fraction of sp³-hybridized carbons (Fsp3) is 0.587. The number of nitrogens with zero attached hydrogens (tertiary/aromatic N) is 1. The highest BCUT2D eigenvalue weighted by atomic mass is 16.8. The number of rotatable bonds is 19. The van der Waals surface area contributed by atoms with Crippen LogP contribution in [0.15, 0.2) is 61.2 Å². The van der Waals surface area contributed by atoms with Gasteiger partial charge in [-0.2, -0.15) is 0 Å². The number of benzene rings is 2. The number of carbonyl (C=O) groups excluding carboxylic acids is 5. The van der Waals surface area contributed by atoms with Crippen molar-refractivity contribution in [3.05, 3.63) is 77.9 Å². The normalized spacial score (nSPS) is 25.0. The van der Waals surface area contributed by atoms with E-state index in [2.05, 4.69) is 22.5 Å². The van der Waals surface area contributed by atoms with Gasteiger partial charge in [0, 0.05) is 16.7 Å². The zero-order valence-electron chi connectivity index (χ0n) is 37.5. The maximum absolute atomic E-state index is 14.2. The topological polar surface area (TPSA) is 202 Å². The Morgan fingerprint density at radius 1 is 0.967 bits per heavy atom.